The van der Waals surface area contributed by atoms with Crippen LogP contribution in [0.1, 0.15) is 44.0 Å². The molecule has 0 fully saturated rings. The van der Waals surface area contributed by atoms with Crippen molar-refractivity contribution in [3.8, 4) is 5.69 Å². The standard InChI is InChI=1S/C23H22F3N3O/c1-14-7-5-8-15(2)21(14)29-16(3)11-19(17(29)4)13-27-28-22(30)18-9-6-10-20(12-18)23(24,25)26/h5-13H,1-4H3,(H,28,30)/b27-13-. The summed E-state index contributed by atoms with van der Waals surface area (Å²) in [5.74, 6) is -0.707. The average Bonchev–Trinajstić information content (AvgIpc) is 2.95. The third-order valence-corrected chi connectivity index (χ3v) is 4.96. The topological polar surface area (TPSA) is 46.4 Å². The second-order valence-electron chi connectivity index (χ2n) is 7.18. The number of rotatable bonds is 4. The molecule has 0 saturated carbocycles. The van der Waals surface area contributed by atoms with Gasteiger partial charge < -0.3 is 4.57 Å². The van der Waals surface area contributed by atoms with Crippen LogP contribution in [0.4, 0.5) is 13.2 Å². The van der Waals surface area contributed by atoms with E-state index in [-0.39, 0.29) is 5.56 Å². The SMILES string of the molecule is Cc1cccc(C)c1-n1c(C)cc(/C=N\NC(=O)c2cccc(C(F)(F)F)c2)c1C. The Morgan fingerprint density at radius 1 is 1.00 bits per heavy atom. The van der Waals surface area contributed by atoms with Crippen molar-refractivity contribution in [2.24, 2.45) is 5.10 Å². The number of nitrogens with zero attached hydrogens (tertiary/aromatic N) is 2. The molecule has 1 heterocycles. The molecule has 0 aliphatic carbocycles. The lowest BCUT2D eigenvalue weighted by molar-refractivity contribution is -0.137. The van der Waals surface area contributed by atoms with Gasteiger partial charge in [0.15, 0.2) is 0 Å². The van der Waals surface area contributed by atoms with Crippen molar-refractivity contribution in [1.82, 2.24) is 9.99 Å². The van der Waals surface area contributed by atoms with Gasteiger partial charge in [0.25, 0.3) is 5.91 Å². The summed E-state index contributed by atoms with van der Waals surface area (Å²) >= 11 is 0. The maximum Gasteiger partial charge on any atom is 0.416 e. The average molecular weight is 413 g/mol. The number of halogens is 3. The van der Waals surface area contributed by atoms with Gasteiger partial charge in [0, 0.05) is 22.5 Å². The minimum Gasteiger partial charge on any atom is -0.317 e. The molecule has 0 unspecified atom stereocenters. The van der Waals surface area contributed by atoms with Gasteiger partial charge >= 0.3 is 6.18 Å². The summed E-state index contributed by atoms with van der Waals surface area (Å²) in [5.41, 5.74) is 7.44. The number of aryl methyl sites for hydroxylation is 3. The maximum absolute atomic E-state index is 12.8. The lowest BCUT2D eigenvalue weighted by atomic mass is 10.1. The molecular weight excluding hydrogens is 391 g/mol. The zero-order chi connectivity index (χ0) is 22.1. The van der Waals surface area contributed by atoms with Crippen LogP contribution in [0.3, 0.4) is 0 Å². The van der Waals surface area contributed by atoms with Crippen molar-refractivity contribution in [3.05, 3.63) is 87.7 Å². The highest BCUT2D eigenvalue weighted by atomic mass is 19.4. The Morgan fingerprint density at radius 3 is 2.27 bits per heavy atom. The quantitative estimate of drug-likeness (QED) is 0.446. The minimum absolute atomic E-state index is 0.108. The third-order valence-electron chi connectivity index (χ3n) is 4.96. The van der Waals surface area contributed by atoms with E-state index in [1.54, 1.807) is 0 Å². The second kappa shape index (κ2) is 8.18. The Balaban J connectivity index is 1.82. The van der Waals surface area contributed by atoms with Crippen LogP contribution < -0.4 is 5.43 Å². The van der Waals surface area contributed by atoms with Crippen LogP contribution in [0.15, 0.2) is 53.6 Å². The number of aromatic nitrogens is 1. The van der Waals surface area contributed by atoms with Crippen LogP contribution in [0.2, 0.25) is 0 Å². The summed E-state index contributed by atoms with van der Waals surface area (Å²) < 4.78 is 40.6. The molecule has 1 amide bonds. The van der Waals surface area contributed by atoms with Crippen molar-refractivity contribution in [1.29, 1.82) is 0 Å². The molecule has 156 valence electrons. The van der Waals surface area contributed by atoms with E-state index in [4.69, 9.17) is 0 Å². The zero-order valence-corrected chi connectivity index (χ0v) is 17.1. The molecule has 3 aromatic rings. The maximum atomic E-state index is 12.8. The highest BCUT2D eigenvalue weighted by Gasteiger charge is 2.30. The first-order valence-corrected chi connectivity index (χ1v) is 9.36. The Kier molecular flexibility index (Phi) is 5.82. The molecule has 7 heteroatoms. The number of nitrogens with one attached hydrogen (secondary N) is 1. The highest BCUT2D eigenvalue weighted by molar-refractivity contribution is 5.95. The zero-order valence-electron chi connectivity index (χ0n) is 17.1. The summed E-state index contributed by atoms with van der Waals surface area (Å²) in [5, 5.41) is 3.94. The molecule has 30 heavy (non-hydrogen) atoms. The number of amides is 1. The van der Waals surface area contributed by atoms with Crippen LogP contribution in [0, 0.1) is 27.7 Å². The van der Waals surface area contributed by atoms with E-state index in [1.165, 1.54) is 18.3 Å². The fourth-order valence-corrected chi connectivity index (χ4v) is 3.48. The van der Waals surface area contributed by atoms with Crippen molar-refractivity contribution >= 4 is 12.1 Å². The van der Waals surface area contributed by atoms with Crippen molar-refractivity contribution < 1.29 is 18.0 Å². The molecule has 4 nitrogen and oxygen atoms in total. The molecule has 0 spiro atoms. The van der Waals surface area contributed by atoms with Crippen molar-refractivity contribution in [2.75, 3.05) is 0 Å². The number of benzene rings is 2. The molecule has 1 aromatic heterocycles. The molecule has 0 radical (unpaired) electrons. The van der Waals surface area contributed by atoms with Crippen LogP contribution in [0.5, 0.6) is 0 Å². The number of para-hydroxylation sites is 1. The second-order valence-corrected chi connectivity index (χ2v) is 7.18. The van der Waals surface area contributed by atoms with Gasteiger partial charge in [-0.1, -0.05) is 24.3 Å². The number of hydrogen-bond acceptors (Lipinski definition) is 2. The van der Waals surface area contributed by atoms with Crippen LogP contribution in [-0.2, 0) is 6.18 Å². The molecule has 1 N–H and O–H groups in total. The fraction of sp³-hybridized carbons (Fsp3) is 0.217. The first kappa shape index (κ1) is 21.4. The Morgan fingerprint density at radius 2 is 1.63 bits per heavy atom. The molecule has 0 bridgehead atoms. The largest absolute Gasteiger partial charge is 0.416 e. The number of alkyl halides is 3. The smallest absolute Gasteiger partial charge is 0.317 e. The molecule has 0 aliphatic rings. The van der Waals surface area contributed by atoms with Gasteiger partial charge in [-0.25, -0.2) is 5.43 Å². The van der Waals surface area contributed by atoms with E-state index >= 15 is 0 Å². The lowest BCUT2D eigenvalue weighted by Gasteiger charge is -2.15. The minimum atomic E-state index is -4.51. The monoisotopic (exact) mass is 413 g/mol. The van der Waals surface area contributed by atoms with Crippen molar-refractivity contribution in [3.63, 3.8) is 0 Å². The van der Waals surface area contributed by atoms with E-state index in [2.05, 4.69) is 15.1 Å². The third kappa shape index (κ3) is 4.30. The van der Waals surface area contributed by atoms with E-state index < -0.39 is 17.6 Å². The summed E-state index contributed by atoms with van der Waals surface area (Å²) in [6.45, 7) is 8.03. The Bertz CT molecular complexity index is 1110. The molecular formula is C23H22F3N3O. The predicted octanol–water partition coefficient (Wildman–Crippen LogP) is 5.49. The molecule has 0 atom stereocenters. The number of hydrazone groups is 1. The van der Waals surface area contributed by atoms with E-state index in [0.29, 0.717) is 0 Å². The number of hydrogen-bond donors (Lipinski definition) is 1. The number of carbonyl (C=O) groups is 1. The van der Waals surface area contributed by atoms with Gasteiger partial charge in [-0.15, -0.1) is 0 Å². The van der Waals surface area contributed by atoms with Crippen LogP contribution >= 0.6 is 0 Å². The normalized spacial score (nSPS) is 11.8. The Hall–Kier alpha value is -3.35. The van der Waals surface area contributed by atoms with Gasteiger partial charge in [-0.2, -0.15) is 18.3 Å². The van der Waals surface area contributed by atoms with Gasteiger partial charge in [0.2, 0.25) is 0 Å². The summed E-state index contributed by atoms with van der Waals surface area (Å²) in [6.07, 6.45) is -3.01. The lowest BCUT2D eigenvalue weighted by Crippen LogP contribution is -2.18. The summed E-state index contributed by atoms with van der Waals surface area (Å²) in [7, 11) is 0. The fourth-order valence-electron chi connectivity index (χ4n) is 3.48. The van der Waals surface area contributed by atoms with Gasteiger partial charge in [-0.3, -0.25) is 4.79 Å². The molecule has 0 aliphatic heterocycles. The van der Waals surface area contributed by atoms with Gasteiger partial charge in [-0.05, 0) is 63.1 Å². The van der Waals surface area contributed by atoms with Gasteiger partial charge in [0.05, 0.1) is 17.5 Å². The number of carbonyl (C=O) groups excluding carboxylic acids is 1. The summed E-state index contributed by atoms with van der Waals surface area (Å²) in [6, 6.07) is 12.3. The predicted molar refractivity (Wildman–Crippen MR) is 111 cm³/mol. The van der Waals surface area contributed by atoms with E-state index in [0.717, 1.165) is 45.9 Å². The van der Waals surface area contributed by atoms with Crippen molar-refractivity contribution in [2.45, 2.75) is 33.9 Å². The van der Waals surface area contributed by atoms with Crippen LogP contribution in [0.25, 0.3) is 5.69 Å². The molecule has 0 saturated heterocycles. The highest BCUT2D eigenvalue weighted by Crippen LogP contribution is 2.29. The van der Waals surface area contributed by atoms with Crippen LogP contribution in [-0.4, -0.2) is 16.7 Å². The van der Waals surface area contributed by atoms with Gasteiger partial charge in [0.1, 0.15) is 0 Å². The first-order chi connectivity index (χ1) is 14.1. The molecule has 3 rings (SSSR count). The van der Waals surface area contributed by atoms with E-state index in [1.807, 2.05) is 52.0 Å². The first-order valence-electron chi connectivity index (χ1n) is 9.36. The summed E-state index contributed by atoms with van der Waals surface area (Å²) in [4.78, 5) is 12.2. The Labute approximate surface area is 173 Å². The van der Waals surface area contributed by atoms with E-state index in [9.17, 15) is 18.0 Å². The molecule has 2 aromatic carbocycles.